The molecule has 0 saturated carbocycles. The van der Waals surface area contributed by atoms with E-state index in [0.29, 0.717) is 17.9 Å². The maximum Gasteiger partial charge on any atom is 0.165 e. The van der Waals surface area contributed by atoms with Crippen LogP contribution in [0, 0.1) is 5.41 Å². The van der Waals surface area contributed by atoms with E-state index >= 15 is 0 Å². The van der Waals surface area contributed by atoms with Gasteiger partial charge < -0.3 is 16.5 Å². The van der Waals surface area contributed by atoms with Gasteiger partial charge in [0.2, 0.25) is 0 Å². The molecule has 0 atom stereocenters. The SMILES string of the molecule is N=C/C(=C\N)c1nc(NCC(c2ccccc2)c2ccccc2)c2ccccc2n1. The van der Waals surface area contributed by atoms with Gasteiger partial charge in [-0.1, -0.05) is 72.8 Å². The fourth-order valence-corrected chi connectivity index (χ4v) is 3.53. The van der Waals surface area contributed by atoms with E-state index in [1.165, 1.54) is 23.5 Å². The van der Waals surface area contributed by atoms with E-state index in [9.17, 15) is 0 Å². The van der Waals surface area contributed by atoms with Gasteiger partial charge in [-0.05, 0) is 23.3 Å². The molecule has 0 bridgehead atoms. The summed E-state index contributed by atoms with van der Waals surface area (Å²) in [6.45, 7) is 0.667. The number of nitrogens with zero attached hydrogens (tertiary/aromatic N) is 2. The maximum atomic E-state index is 7.60. The molecule has 0 aliphatic rings. The highest BCUT2D eigenvalue weighted by molar-refractivity contribution is 6.07. The minimum Gasteiger partial charge on any atom is -0.404 e. The Labute approximate surface area is 175 Å². The zero-order valence-corrected chi connectivity index (χ0v) is 16.5. The Bertz CT molecular complexity index is 1130. The van der Waals surface area contributed by atoms with Crippen LogP contribution in [-0.4, -0.2) is 22.7 Å². The first-order chi connectivity index (χ1) is 14.8. The van der Waals surface area contributed by atoms with Crippen LogP contribution in [0.5, 0.6) is 0 Å². The average Bonchev–Trinajstić information content (AvgIpc) is 2.81. The van der Waals surface area contributed by atoms with E-state index in [2.05, 4.69) is 63.8 Å². The van der Waals surface area contributed by atoms with E-state index in [4.69, 9.17) is 11.1 Å². The molecule has 0 unspecified atom stereocenters. The summed E-state index contributed by atoms with van der Waals surface area (Å²) in [6.07, 6.45) is 2.53. The second kappa shape index (κ2) is 9.01. The Balaban J connectivity index is 1.73. The summed E-state index contributed by atoms with van der Waals surface area (Å²) >= 11 is 0. The zero-order chi connectivity index (χ0) is 20.8. The summed E-state index contributed by atoms with van der Waals surface area (Å²) in [5.41, 5.74) is 9.42. The van der Waals surface area contributed by atoms with E-state index in [1.807, 2.05) is 36.4 Å². The molecular weight excluding hydrogens is 370 g/mol. The minimum absolute atomic E-state index is 0.164. The number of hydrogen-bond donors (Lipinski definition) is 3. The molecule has 4 rings (SSSR count). The summed E-state index contributed by atoms with van der Waals surface area (Å²) in [5, 5.41) is 12.1. The van der Waals surface area contributed by atoms with Crippen LogP contribution in [-0.2, 0) is 0 Å². The van der Waals surface area contributed by atoms with Crippen molar-refractivity contribution < 1.29 is 0 Å². The highest BCUT2D eigenvalue weighted by atomic mass is 15.0. The maximum absolute atomic E-state index is 7.60. The molecular formula is C25H23N5. The monoisotopic (exact) mass is 393 g/mol. The smallest absolute Gasteiger partial charge is 0.165 e. The lowest BCUT2D eigenvalue weighted by Gasteiger charge is -2.20. The topological polar surface area (TPSA) is 87.7 Å². The van der Waals surface area contributed by atoms with Gasteiger partial charge in [-0.15, -0.1) is 0 Å². The van der Waals surface area contributed by atoms with Crippen molar-refractivity contribution in [2.24, 2.45) is 5.73 Å². The Morgan fingerprint density at radius 3 is 2.07 bits per heavy atom. The third kappa shape index (κ3) is 4.05. The molecule has 0 aliphatic carbocycles. The summed E-state index contributed by atoms with van der Waals surface area (Å²) in [7, 11) is 0. The first-order valence-electron chi connectivity index (χ1n) is 9.83. The number of nitrogens with two attached hydrogens (primary N) is 1. The van der Waals surface area contributed by atoms with Gasteiger partial charge in [0, 0.05) is 30.3 Å². The van der Waals surface area contributed by atoms with Gasteiger partial charge in [-0.25, -0.2) is 9.97 Å². The predicted octanol–water partition coefficient (Wildman–Crippen LogP) is 4.82. The lowest BCUT2D eigenvalue weighted by atomic mass is 9.91. The number of anilines is 1. The van der Waals surface area contributed by atoms with E-state index in [0.717, 1.165) is 16.7 Å². The van der Waals surface area contributed by atoms with Crippen molar-refractivity contribution in [1.82, 2.24) is 9.97 Å². The van der Waals surface area contributed by atoms with Crippen molar-refractivity contribution in [2.45, 2.75) is 5.92 Å². The largest absolute Gasteiger partial charge is 0.404 e. The molecule has 3 aromatic carbocycles. The van der Waals surface area contributed by atoms with Crippen molar-refractivity contribution in [1.29, 1.82) is 5.41 Å². The standard InChI is InChI=1S/C25H23N5/c26-15-20(16-27)24-29-23-14-8-7-13-21(23)25(30-24)28-17-22(18-9-3-1-4-10-18)19-11-5-2-6-12-19/h1-16,22,26H,17,27H2,(H,28,29,30)/b20-16+,26-15?. The molecule has 4 N–H and O–H groups in total. The van der Waals surface area contributed by atoms with Crippen LogP contribution >= 0.6 is 0 Å². The number of rotatable bonds is 7. The lowest BCUT2D eigenvalue weighted by molar-refractivity contribution is 0.849. The van der Waals surface area contributed by atoms with Crippen LogP contribution in [0.3, 0.4) is 0 Å². The van der Waals surface area contributed by atoms with Gasteiger partial charge in [0.1, 0.15) is 5.82 Å². The zero-order valence-electron chi connectivity index (χ0n) is 16.5. The van der Waals surface area contributed by atoms with Crippen LogP contribution in [0.1, 0.15) is 22.9 Å². The van der Waals surface area contributed by atoms with E-state index < -0.39 is 0 Å². The van der Waals surface area contributed by atoms with E-state index in [1.54, 1.807) is 0 Å². The molecule has 0 fully saturated rings. The van der Waals surface area contributed by atoms with Gasteiger partial charge in [0.05, 0.1) is 11.1 Å². The Kier molecular flexibility index (Phi) is 5.80. The quantitative estimate of drug-likeness (QED) is 0.393. The fourth-order valence-electron chi connectivity index (χ4n) is 3.53. The fraction of sp³-hybridized carbons (Fsp3) is 0.0800. The lowest BCUT2D eigenvalue weighted by Crippen LogP contribution is -2.16. The van der Waals surface area contributed by atoms with Gasteiger partial charge in [-0.2, -0.15) is 0 Å². The van der Waals surface area contributed by atoms with Crippen molar-refractivity contribution in [3.63, 3.8) is 0 Å². The van der Waals surface area contributed by atoms with Crippen molar-refractivity contribution >= 4 is 28.5 Å². The number of benzene rings is 3. The number of aromatic nitrogens is 2. The Morgan fingerprint density at radius 1 is 0.867 bits per heavy atom. The second-order valence-corrected chi connectivity index (χ2v) is 6.93. The molecule has 0 amide bonds. The number of hydrogen-bond acceptors (Lipinski definition) is 5. The van der Waals surface area contributed by atoms with Crippen LogP contribution in [0.15, 0.2) is 91.1 Å². The van der Waals surface area contributed by atoms with Crippen molar-refractivity contribution in [3.05, 3.63) is 108 Å². The van der Waals surface area contributed by atoms with Crippen LogP contribution in [0.25, 0.3) is 16.5 Å². The molecule has 5 heteroatoms. The molecule has 4 aromatic rings. The second-order valence-electron chi connectivity index (χ2n) is 6.93. The molecule has 1 heterocycles. The number of nitrogens with one attached hydrogen (secondary N) is 2. The molecule has 0 saturated heterocycles. The molecule has 0 aliphatic heterocycles. The summed E-state index contributed by atoms with van der Waals surface area (Å²) in [6, 6.07) is 28.7. The molecule has 0 radical (unpaired) electrons. The molecule has 30 heavy (non-hydrogen) atoms. The van der Waals surface area contributed by atoms with Gasteiger partial charge in [0.15, 0.2) is 5.82 Å². The first kappa shape index (κ1) is 19.3. The minimum atomic E-state index is 0.164. The molecule has 1 aromatic heterocycles. The van der Waals surface area contributed by atoms with Gasteiger partial charge in [0.25, 0.3) is 0 Å². The summed E-state index contributed by atoms with van der Waals surface area (Å²) in [5.74, 6) is 1.33. The number of fused-ring (bicyclic) bond motifs is 1. The van der Waals surface area contributed by atoms with E-state index in [-0.39, 0.29) is 5.92 Å². The third-order valence-electron chi connectivity index (χ3n) is 5.07. The summed E-state index contributed by atoms with van der Waals surface area (Å²) < 4.78 is 0. The molecule has 5 nitrogen and oxygen atoms in total. The molecule has 0 spiro atoms. The average molecular weight is 393 g/mol. The Morgan fingerprint density at radius 2 is 1.47 bits per heavy atom. The molecule has 148 valence electrons. The van der Waals surface area contributed by atoms with Crippen LogP contribution < -0.4 is 11.1 Å². The third-order valence-corrected chi connectivity index (χ3v) is 5.07. The van der Waals surface area contributed by atoms with Crippen LogP contribution in [0.4, 0.5) is 5.82 Å². The van der Waals surface area contributed by atoms with Crippen molar-refractivity contribution in [3.8, 4) is 0 Å². The van der Waals surface area contributed by atoms with Crippen LogP contribution in [0.2, 0.25) is 0 Å². The number of para-hydroxylation sites is 1. The van der Waals surface area contributed by atoms with Crippen molar-refractivity contribution in [2.75, 3.05) is 11.9 Å². The highest BCUT2D eigenvalue weighted by Gasteiger charge is 2.16. The summed E-state index contributed by atoms with van der Waals surface area (Å²) in [4.78, 5) is 9.25. The normalized spacial score (nSPS) is 11.6. The van der Waals surface area contributed by atoms with Gasteiger partial charge in [-0.3, -0.25) is 0 Å². The Hall–Kier alpha value is -3.99. The number of allylic oxidation sites excluding steroid dienone is 1. The predicted molar refractivity (Wildman–Crippen MR) is 124 cm³/mol. The first-order valence-corrected chi connectivity index (χ1v) is 9.83. The highest BCUT2D eigenvalue weighted by Crippen LogP contribution is 2.27. The van der Waals surface area contributed by atoms with Gasteiger partial charge >= 0.3 is 0 Å².